The predicted molar refractivity (Wildman–Crippen MR) is 73.5 cm³/mol. The number of carbonyl (C=O) groups is 1. The molecular formula is C15H18N2O2. The first-order valence-electron chi connectivity index (χ1n) is 6.34. The summed E-state index contributed by atoms with van der Waals surface area (Å²) in [7, 11) is 0. The minimum absolute atomic E-state index is 0.0249. The molecule has 0 spiro atoms. The fraction of sp³-hybridized carbons (Fsp3) is 0.267. The molecule has 1 heterocycles. The Balaban J connectivity index is 2.17. The summed E-state index contributed by atoms with van der Waals surface area (Å²) in [6.07, 6.45) is 2.98. The molecule has 0 radical (unpaired) electrons. The summed E-state index contributed by atoms with van der Waals surface area (Å²) >= 11 is 0. The van der Waals surface area contributed by atoms with Gasteiger partial charge in [-0.2, -0.15) is 0 Å². The van der Waals surface area contributed by atoms with Crippen molar-refractivity contribution in [3.8, 4) is 0 Å². The molecule has 1 aromatic heterocycles. The van der Waals surface area contributed by atoms with Crippen LogP contribution in [0, 0.1) is 0 Å². The number of hydrogen-bond donors (Lipinski definition) is 1. The molecule has 0 saturated heterocycles. The van der Waals surface area contributed by atoms with Crippen LogP contribution in [0.3, 0.4) is 0 Å². The van der Waals surface area contributed by atoms with E-state index >= 15 is 0 Å². The van der Waals surface area contributed by atoms with Crippen LogP contribution < -0.4 is 5.73 Å². The lowest BCUT2D eigenvalue weighted by atomic mass is 10.1. The summed E-state index contributed by atoms with van der Waals surface area (Å²) in [5.41, 5.74) is 8.45. The molecule has 0 fully saturated rings. The Kier molecular flexibility index (Phi) is 4.36. The fourth-order valence-electron chi connectivity index (χ4n) is 2.01. The van der Waals surface area contributed by atoms with Gasteiger partial charge in [-0.3, -0.25) is 4.79 Å². The zero-order valence-corrected chi connectivity index (χ0v) is 11.0. The average molecular weight is 258 g/mol. The summed E-state index contributed by atoms with van der Waals surface area (Å²) in [5.74, 6) is -0.0249. The van der Waals surface area contributed by atoms with Crippen molar-refractivity contribution in [3.63, 3.8) is 0 Å². The normalized spacial score (nSPS) is 10.4. The first kappa shape index (κ1) is 13.4. The van der Waals surface area contributed by atoms with E-state index in [1.807, 2.05) is 31.2 Å². The molecular weight excluding hydrogens is 240 g/mol. The Hall–Kier alpha value is -2.07. The second-order valence-electron chi connectivity index (χ2n) is 4.30. The second kappa shape index (κ2) is 6.20. The van der Waals surface area contributed by atoms with E-state index < -0.39 is 0 Å². The van der Waals surface area contributed by atoms with Crippen LogP contribution >= 0.6 is 0 Å². The van der Waals surface area contributed by atoms with Gasteiger partial charge in [0, 0.05) is 19.6 Å². The van der Waals surface area contributed by atoms with Crippen LogP contribution in [0.4, 0.5) is 0 Å². The van der Waals surface area contributed by atoms with Gasteiger partial charge in [-0.25, -0.2) is 0 Å². The lowest BCUT2D eigenvalue weighted by Gasteiger charge is -2.21. The Bertz CT molecular complexity index is 535. The van der Waals surface area contributed by atoms with Crippen LogP contribution in [0.15, 0.2) is 47.3 Å². The first-order valence-corrected chi connectivity index (χ1v) is 6.34. The highest BCUT2D eigenvalue weighted by Crippen LogP contribution is 2.14. The van der Waals surface area contributed by atoms with Crippen LogP contribution in [0.5, 0.6) is 0 Å². The number of nitrogens with two attached hydrogens (primary N) is 1. The molecule has 1 aromatic carbocycles. The molecule has 0 atom stereocenters. The maximum Gasteiger partial charge on any atom is 0.257 e. The van der Waals surface area contributed by atoms with Crippen LogP contribution in [0.25, 0.3) is 0 Å². The third-order valence-electron chi connectivity index (χ3n) is 3.14. The predicted octanol–water partition coefficient (Wildman–Crippen LogP) is 2.40. The van der Waals surface area contributed by atoms with Crippen molar-refractivity contribution >= 4 is 5.91 Å². The van der Waals surface area contributed by atoms with Crippen molar-refractivity contribution in [2.45, 2.75) is 20.0 Å². The van der Waals surface area contributed by atoms with Crippen LogP contribution in [0.1, 0.15) is 28.4 Å². The number of rotatable bonds is 5. The van der Waals surface area contributed by atoms with Crippen LogP contribution in [-0.4, -0.2) is 17.4 Å². The van der Waals surface area contributed by atoms with Crippen molar-refractivity contribution in [2.24, 2.45) is 5.73 Å². The summed E-state index contributed by atoms with van der Waals surface area (Å²) in [6.45, 7) is 3.65. The smallest absolute Gasteiger partial charge is 0.257 e. The molecule has 100 valence electrons. The zero-order valence-electron chi connectivity index (χ0n) is 11.0. The summed E-state index contributed by atoms with van der Waals surface area (Å²) in [5, 5.41) is 0. The van der Waals surface area contributed by atoms with Gasteiger partial charge < -0.3 is 15.1 Å². The summed E-state index contributed by atoms with van der Waals surface area (Å²) in [4.78, 5) is 14.1. The number of hydrogen-bond acceptors (Lipinski definition) is 3. The molecule has 0 aliphatic carbocycles. The van der Waals surface area contributed by atoms with E-state index in [1.54, 1.807) is 11.0 Å². The van der Waals surface area contributed by atoms with E-state index in [2.05, 4.69) is 0 Å². The Morgan fingerprint density at radius 1 is 1.26 bits per heavy atom. The van der Waals surface area contributed by atoms with E-state index in [0.29, 0.717) is 25.2 Å². The standard InChI is InChI=1S/C15H18N2O2/c1-2-17(15(18)14-7-8-19-11-14)10-13-6-4-3-5-12(13)9-16/h3-8,11H,2,9-10,16H2,1H3. The maximum atomic E-state index is 12.3. The van der Waals surface area contributed by atoms with E-state index in [9.17, 15) is 4.79 Å². The first-order chi connectivity index (χ1) is 9.26. The summed E-state index contributed by atoms with van der Waals surface area (Å²) < 4.78 is 4.96. The van der Waals surface area contributed by atoms with E-state index in [0.717, 1.165) is 11.1 Å². The van der Waals surface area contributed by atoms with Gasteiger partial charge >= 0.3 is 0 Å². The maximum absolute atomic E-state index is 12.3. The van der Waals surface area contributed by atoms with Gasteiger partial charge in [-0.05, 0) is 24.1 Å². The van der Waals surface area contributed by atoms with Crippen molar-refractivity contribution in [2.75, 3.05) is 6.54 Å². The monoisotopic (exact) mass is 258 g/mol. The topological polar surface area (TPSA) is 59.5 Å². The number of carbonyl (C=O) groups excluding carboxylic acids is 1. The minimum atomic E-state index is -0.0249. The van der Waals surface area contributed by atoms with E-state index in [-0.39, 0.29) is 5.91 Å². The molecule has 4 nitrogen and oxygen atoms in total. The van der Waals surface area contributed by atoms with Gasteiger partial charge in [-0.1, -0.05) is 24.3 Å². The van der Waals surface area contributed by atoms with Gasteiger partial charge in [-0.15, -0.1) is 0 Å². The van der Waals surface area contributed by atoms with Crippen molar-refractivity contribution < 1.29 is 9.21 Å². The molecule has 0 saturated carbocycles. The number of furan rings is 1. The average Bonchev–Trinajstić information content (AvgIpc) is 2.98. The Morgan fingerprint density at radius 3 is 2.58 bits per heavy atom. The lowest BCUT2D eigenvalue weighted by molar-refractivity contribution is 0.0751. The SMILES string of the molecule is CCN(Cc1ccccc1CN)C(=O)c1ccoc1. The van der Waals surface area contributed by atoms with Gasteiger partial charge in [0.15, 0.2) is 0 Å². The highest BCUT2D eigenvalue weighted by Gasteiger charge is 2.16. The molecule has 19 heavy (non-hydrogen) atoms. The zero-order chi connectivity index (χ0) is 13.7. The highest BCUT2D eigenvalue weighted by atomic mass is 16.3. The van der Waals surface area contributed by atoms with Gasteiger partial charge in [0.25, 0.3) is 5.91 Å². The fourth-order valence-corrected chi connectivity index (χ4v) is 2.01. The molecule has 4 heteroatoms. The molecule has 2 aromatic rings. The molecule has 0 unspecified atom stereocenters. The van der Waals surface area contributed by atoms with Gasteiger partial charge in [0.05, 0.1) is 11.8 Å². The number of benzene rings is 1. The molecule has 0 bridgehead atoms. The van der Waals surface area contributed by atoms with Crippen LogP contribution in [-0.2, 0) is 13.1 Å². The molecule has 2 N–H and O–H groups in total. The Morgan fingerprint density at radius 2 is 2.00 bits per heavy atom. The van der Waals surface area contributed by atoms with Gasteiger partial charge in [0.1, 0.15) is 6.26 Å². The van der Waals surface area contributed by atoms with E-state index in [1.165, 1.54) is 12.5 Å². The minimum Gasteiger partial charge on any atom is -0.472 e. The van der Waals surface area contributed by atoms with Gasteiger partial charge in [0.2, 0.25) is 0 Å². The molecule has 1 amide bonds. The summed E-state index contributed by atoms with van der Waals surface area (Å²) in [6, 6.07) is 9.60. The van der Waals surface area contributed by atoms with Crippen LogP contribution in [0.2, 0.25) is 0 Å². The third kappa shape index (κ3) is 3.03. The number of amides is 1. The van der Waals surface area contributed by atoms with Crippen molar-refractivity contribution in [3.05, 3.63) is 59.5 Å². The largest absolute Gasteiger partial charge is 0.472 e. The van der Waals surface area contributed by atoms with Crippen molar-refractivity contribution in [1.29, 1.82) is 0 Å². The Labute approximate surface area is 112 Å². The quantitative estimate of drug-likeness (QED) is 0.895. The van der Waals surface area contributed by atoms with E-state index in [4.69, 9.17) is 10.2 Å². The molecule has 0 aliphatic rings. The third-order valence-corrected chi connectivity index (χ3v) is 3.14. The number of nitrogens with zero attached hydrogens (tertiary/aromatic N) is 1. The highest BCUT2D eigenvalue weighted by molar-refractivity contribution is 5.93. The molecule has 2 rings (SSSR count). The second-order valence-corrected chi connectivity index (χ2v) is 4.30. The lowest BCUT2D eigenvalue weighted by Crippen LogP contribution is -2.30. The van der Waals surface area contributed by atoms with Crippen molar-refractivity contribution in [1.82, 2.24) is 4.90 Å². The molecule has 0 aliphatic heterocycles.